The number of ether oxygens (including phenoxy) is 1. The first-order valence-corrected chi connectivity index (χ1v) is 10.8. The predicted molar refractivity (Wildman–Crippen MR) is 87.3 cm³/mol. The Labute approximate surface area is 136 Å². The molecule has 1 fully saturated rings. The van der Waals surface area contributed by atoms with Gasteiger partial charge < -0.3 is 4.74 Å². The van der Waals surface area contributed by atoms with Crippen LogP contribution >= 0.6 is 0 Å². The number of benzene rings is 1. The van der Waals surface area contributed by atoms with Crippen LogP contribution in [0.3, 0.4) is 0 Å². The van der Waals surface area contributed by atoms with Crippen molar-refractivity contribution in [1.82, 2.24) is 4.31 Å². The molecule has 0 saturated carbocycles. The quantitative estimate of drug-likeness (QED) is 0.804. The Hall–Kier alpha value is -1.54. The van der Waals surface area contributed by atoms with Gasteiger partial charge in [0.25, 0.3) is 0 Å². The number of hydrogen-bond acceptors (Lipinski definition) is 5. The van der Waals surface area contributed by atoms with Gasteiger partial charge in [-0.3, -0.25) is 4.31 Å². The summed E-state index contributed by atoms with van der Waals surface area (Å²) in [6.07, 6.45) is 3.42. The molecular weight excluding hydrogens is 338 g/mol. The zero-order valence-corrected chi connectivity index (χ0v) is 14.9. The summed E-state index contributed by atoms with van der Waals surface area (Å²) in [4.78, 5) is 0.141. The lowest BCUT2D eigenvalue weighted by Crippen LogP contribution is -2.34. The molecule has 6 nitrogen and oxygen atoms in total. The first-order valence-electron chi connectivity index (χ1n) is 7.26. The average molecular weight is 357 g/mol. The molecule has 0 aromatic heterocycles. The highest BCUT2D eigenvalue weighted by molar-refractivity contribution is 7.90. The van der Waals surface area contributed by atoms with Crippen molar-refractivity contribution in [3.63, 3.8) is 0 Å². The van der Waals surface area contributed by atoms with E-state index in [-0.39, 0.29) is 10.6 Å². The Bertz CT molecular complexity index is 898. The van der Waals surface area contributed by atoms with E-state index in [1.54, 1.807) is 12.1 Å². The van der Waals surface area contributed by atoms with Crippen LogP contribution in [0.2, 0.25) is 0 Å². The Kier molecular flexibility index (Phi) is 3.53. The van der Waals surface area contributed by atoms with E-state index in [9.17, 15) is 16.8 Å². The van der Waals surface area contributed by atoms with Crippen molar-refractivity contribution >= 4 is 25.6 Å². The summed E-state index contributed by atoms with van der Waals surface area (Å²) in [7, 11) is -6.76. The van der Waals surface area contributed by atoms with Crippen molar-refractivity contribution in [2.45, 2.75) is 30.8 Å². The van der Waals surface area contributed by atoms with Gasteiger partial charge in [-0.1, -0.05) is 0 Å². The summed E-state index contributed by atoms with van der Waals surface area (Å²) in [5, 5.41) is 0. The van der Waals surface area contributed by atoms with Crippen molar-refractivity contribution in [2.24, 2.45) is 0 Å². The van der Waals surface area contributed by atoms with Gasteiger partial charge in [-0.25, -0.2) is 16.8 Å². The van der Waals surface area contributed by atoms with Crippen LogP contribution in [0.1, 0.15) is 25.8 Å². The normalized spacial score (nSPS) is 22.2. The third-order valence-corrected chi connectivity index (χ3v) is 6.85. The first-order chi connectivity index (χ1) is 10.5. The Morgan fingerprint density at radius 1 is 1.26 bits per heavy atom. The summed E-state index contributed by atoms with van der Waals surface area (Å²) in [6, 6.07) is 4.55. The van der Waals surface area contributed by atoms with Gasteiger partial charge in [0.1, 0.15) is 11.4 Å². The lowest BCUT2D eigenvalue weighted by atomic mass is 9.99. The summed E-state index contributed by atoms with van der Waals surface area (Å²) in [5.41, 5.74) is 0.324. The van der Waals surface area contributed by atoms with Crippen molar-refractivity contribution in [3.05, 3.63) is 29.8 Å². The molecule has 0 amide bonds. The molecule has 1 saturated heterocycles. The van der Waals surface area contributed by atoms with Gasteiger partial charge in [-0.05, 0) is 44.5 Å². The lowest BCUT2D eigenvalue weighted by Gasteiger charge is -2.34. The fourth-order valence-corrected chi connectivity index (χ4v) is 5.08. The second-order valence-electron chi connectivity index (χ2n) is 6.41. The van der Waals surface area contributed by atoms with Gasteiger partial charge in [0.2, 0.25) is 10.0 Å². The van der Waals surface area contributed by atoms with Gasteiger partial charge in [0.15, 0.2) is 9.84 Å². The van der Waals surface area contributed by atoms with Crippen molar-refractivity contribution < 1.29 is 21.6 Å². The molecular formula is C15H19NO5S2. The monoisotopic (exact) mass is 357 g/mol. The van der Waals surface area contributed by atoms with E-state index < -0.39 is 25.5 Å². The molecule has 126 valence electrons. The smallest absolute Gasteiger partial charge is 0.235 e. The van der Waals surface area contributed by atoms with Gasteiger partial charge in [0, 0.05) is 18.4 Å². The summed E-state index contributed by atoms with van der Waals surface area (Å²) in [6.45, 7) is 4.07. The van der Waals surface area contributed by atoms with E-state index in [1.807, 2.05) is 13.8 Å². The maximum Gasteiger partial charge on any atom is 0.235 e. The van der Waals surface area contributed by atoms with Gasteiger partial charge >= 0.3 is 0 Å². The van der Waals surface area contributed by atoms with Crippen molar-refractivity contribution in [3.8, 4) is 5.75 Å². The van der Waals surface area contributed by atoms with Crippen LogP contribution < -0.4 is 4.74 Å². The van der Waals surface area contributed by atoms with Crippen LogP contribution in [-0.2, 0) is 19.9 Å². The lowest BCUT2D eigenvalue weighted by molar-refractivity contribution is 0.156. The van der Waals surface area contributed by atoms with Crippen LogP contribution in [0.4, 0.5) is 0 Å². The molecule has 0 bridgehead atoms. The molecule has 0 spiro atoms. The SMILES string of the molecule is CC1(C)C=C(N2CCCS2(=O)=O)c2cc(S(C)(=O)=O)ccc2O1. The number of rotatable bonds is 2. The third kappa shape index (κ3) is 2.97. The Morgan fingerprint density at radius 3 is 2.52 bits per heavy atom. The van der Waals surface area contributed by atoms with Crippen LogP contribution in [0.15, 0.2) is 29.2 Å². The zero-order chi connectivity index (χ0) is 17.0. The molecule has 0 unspecified atom stereocenters. The molecule has 2 aliphatic rings. The Morgan fingerprint density at radius 2 is 1.96 bits per heavy atom. The molecule has 2 aliphatic heterocycles. The maximum absolute atomic E-state index is 12.3. The Balaban J connectivity index is 2.21. The van der Waals surface area contributed by atoms with Gasteiger partial charge in [-0.15, -0.1) is 0 Å². The number of hydrogen-bond donors (Lipinski definition) is 0. The van der Waals surface area contributed by atoms with Crippen LogP contribution in [0.5, 0.6) is 5.75 Å². The molecule has 0 atom stereocenters. The number of fused-ring (bicyclic) bond motifs is 1. The number of sulfone groups is 1. The highest BCUT2D eigenvalue weighted by Crippen LogP contribution is 2.41. The summed E-state index contributed by atoms with van der Waals surface area (Å²) in [5.74, 6) is 0.592. The molecule has 1 aromatic carbocycles. The van der Waals surface area contributed by atoms with Crippen LogP contribution in [0.25, 0.3) is 5.70 Å². The second-order valence-corrected chi connectivity index (χ2v) is 10.4. The topological polar surface area (TPSA) is 80.8 Å². The summed E-state index contributed by atoms with van der Waals surface area (Å²) < 4.78 is 55.4. The van der Waals surface area contributed by atoms with E-state index in [4.69, 9.17) is 4.74 Å². The zero-order valence-electron chi connectivity index (χ0n) is 13.2. The number of sulfonamides is 1. The van der Waals surface area contributed by atoms with Crippen LogP contribution in [0, 0.1) is 0 Å². The average Bonchev–Trinajstić information content (AvgIpc) is 2.74. The van der Waals surface area contributed by atoms with E-state index in [0.717, 1.165) is 6.26 Å². The minimum absolute atomic E-state index is 0.104. The molecule has 0 radical (unpaired) electrons. The number of nitrogens with zero attached hydrogens (tertiary/aromatic N) is 1. The summed E-state index contributed by atoms with van der Waals surface area (Å²) >= 11 is 0. The van der Waals surface area contributed by atoms with Gasteiger partial charge in [-0.2, -0.15) is 0 Å². The molecule has 23 heavy (non-hydrogen) atoms. The van der Waals surface area contributed by atoms with Gasteiger partial charge in [0.05, 0.1) is 16.3 Å². The molecule has 0 aliphatic carbocycles. The standard InChI is InChI=1S/C15H19NO5S2/c1-15(2)10-13(16-7-4-8-23(16,19)20)12-9-11(22(3,17)18)5-6-14(12)21-15/h5-6,9-10H,4,7-8H2,1-3H3. The molecule has 0 N–H and O–H groups in total. The van der Waals surface area contributed by atoms with E-state index in [0.29, 0.717) is 30.0 Å². The highest BCUT2D eigenvalue weighted by atomic mass is 32.2. The fraction of sp³-hybridized carbons (Fsp3) is 0.467. The van der Waals surface area contributed by atoms with Crippen molar-refractivity contribution in [2.75, 3.05) is 18.6 Å². The molecule has 1 aromatic rings. The van der Waals surface area contributed by atoms with E-state index in [2.05, 4.69) is 0 Å². The van der Waals surface area contributed by atoms with E-state index in [1.165, 1.54) is 16.4 Å². The maximum atomic E-state index is 12.3. The third-order valence-electron chi connectivity index (χ3n) is 3.88. The largest absolute Gasteiger partial charge is 0.483 e. The molecule has 3 rings (SSSR count). The second kappa shape index (κ2) is 4.98. The highest BCUT2D eigenvalue weighted by Gasteiger charge is 2.36. The van der Waals surface area contributed by atoms with Crippen molar-refractivity contribution in [1.29, 1.82) is 0 Å². The minimum Gasteiger partial charge on any atom is -0.483 e. The van der Waals surface area contributed by atoms with Crippen LogP contribution in [-0.4, -0.2) is 45.3 Å². The predicted octanol–water partition coefficient (Wildman–Crippen LogP) is 1.64. The first kappa shape index (κ1) is 16.3. The van der Waals surface area contributed by atoms with E-state index >= 15 is 0 Å². The molecule has 8 heteroatoms. The minimum atomic E-state index is -3.39. The fourth-order valence-electron chi connectivity index (χ4n) is 2.87. The molecule has 2 heterocycles.